The molecule has 88 valence electrons. The Balaban J connectivity index is 2.53. The molecular weight excluding hydrogens is 206 g/mol. The minimum absolute atomic E-state index is 0.401. The summed E-state index contributed by atoms with van der Waals surface area (Å²) >= 11 is 0. The van der Waals surface area contributed by atoms with Crippen LogP contribution < -0.4 is 5.32 Å². The van der Waals surface area contributed by atoms with Crippen molar-refractivity contribution in [3.8, 4) is 0 Å². The molecule has 0 saturated carbocycles. The maximum Gasteiger partial charge on any atom is 0.253 e. The van der Waals surface area contributed by atoms with Gasteiger partial charge in [-0.2, -0.15) is 0 Å². The van der Waals surface area contributed by atoms with E-state index in [1.54, 1.807) is 19.2 Å². The van der Waals surface area contributed by atoms with Crippen LogP contribution in [0.5, 0.6) is 0 Å². The Morgan fingerprint density at radius 2 is 2.06 bits per heavy atom. The summed E-state index contributed by atoms with van der Waals surface area (Å²) in [6, 6.07) is 7.22. The molecule has 0 spiro atoms. The number of aliphatic hydroxyl groups is 1. The van der Waals surface area contributed by atoms with Crippen LogP contribution in [-0.2, 0) is 9.53 Å². The van der Waals surface area contributed by atoms with Gasteiger partial charge < -0.3 is 15.2 Å². The van der Waals surface area contributed by atoms with E-state index in [1.807, 2.05) is 19.1 Å². The molecule has 1 amide bonds. The molecule has 0 bridgehead atoms. The zero-order valence-electron chi connectivity index (χ0n) is 9.56. The van der Waals surface area contributed by atoms with Gasteiger partial charge in [0.25, 0.3) is 5.91 Å². The van der Waals surface area contributed by atoms with Gasteiger partial charge >= 0.3 is 0 Å². The van der Waals surface area contributed by atoms with Crippen LogP contribution in [0.2, 0.25) is 0 Å². The first kappa shape index (κ1) is 12.7. The Kier molecular flexibility index (Phi) is 4.95. The number of aryl methyl sites for hydroxylation is 1. The number of benzene rings is 1. The maximum absolute atomic E-state index is 11.5. The monoisotopic (exact) mass is 223 g/mol. The number of ether oxygens (including phenoxy) is 1. The van der Waals surface area contributed by atoms with Crippen LogP contribution in [-0.4, -0.2) is 31.3 Å². The van der Waals surface area contributed by atoms with Gasteiger partial charge in [-0.05, 0) is 12.5 Å². The van der Waals surface area contributed by atoms with E-state index in [4.69, 9.17) is 4.74 Å². The van der Waals surface area contributed by atoms with Crippen molar-refractivity contribution >= 4 is 5.91 Å². The second-order valence-corrected chi connectivity index (χ2v) is 3.60. The summed E-state index contributed by atoms with van der Waals surface area (Å²) in [5.74, 6) is -0.402. The SMILES string of the molecule is COCCNC(=O)C(O)c1ccc(C)cc1. The minimum atomic E-state index is -1.11. The van der Waals surface area contributed by atoms with Gasteiger partial charge in [0.15, 0.2) is 6.10 Å². The van der Waals surface area contributed by atoms with Gasteiger partial charge in [-0.25, -0.2) is 0 Å². The lowest BCUT2D eigenvalue weighted by Crippen LogP contribution is -2.31. The Bertz CT molecular complexity index is 335. The molecule has 1 aromatic rings. The van der Waals surface area contributed by atoms with Crippen molar-refractivity contribution in [1.82, 2.24) is 5.32 Å². The van der Waals surface area contributed by atoms with Crippen molar-refractivity contribution in [2.75, 3.05) is 20.3 Å². The predicted molar refractivity (Wildman–Crippen MR) is 61.0 cm³/mol. The number of rotatable bonds is 5. The number of aliphatic hydroxyl groups excluding tert-OH is 1. The first-order valence-corrected chi connectivity index (χ1v) is 5.16. The highest BCUT2D eigenvalue weighted by molar-refractivity contribution is 5.81. The number of nitrogens with one attached hydrogen (secondary N) is 1. The van der Waals surface area contributed by atoms with Gasteiger partial charge in [0.2, 0.25) is 0 Å². The third-order valence-corrected chi connectivity index (χ3v) is 2.25. The number of amides is 1. The van der Waals surface area contributed by atoms with Crippen molar-refractivity contribution in [1.29, 1.82) is 0 Å². The van der Waals surface area contributed by atoms with Gasteiger partial charge in [0, 0.05) is 13.7 Å². The number of carbonyl (C=O) groups excluding carboxylic acids is 1. The molecule has 1 rings (SSSR count). The molecule has 1 unspecified atom stereocenters. The van der Waals surface area contributed by atoms with Crippen LogP contribution in [0, 0.1) is 6.92 Å². The zero-order valence-corrected chi connectivity index (χ0v) is 9.56. The van der Waals surface area contributed by atoms with E-state index in [0.717, 1.165) is 5.56 Å². The zero-order chi connectivity index (χ0) is 12.0. The summed E-state index contributed by atoms with van der Waals surface area (Å²) in [6.07, 6.45) is -1.11. The Morgan fingerprint density at radius 3 is 2.62 bits per heavy atom. The summed E-state index contributed by atoms with van der Waals surface area (Å²) < 4.78 is 4.80. The molecule has 0 aromatic heterocycles. The molecular formula is C12H17NO3. The Hall–Kier alpha value is -1.39. The van der Waals surface area contributed by atoms with Crippen LogP contribution >= 0.6 is 0 Å². The normalized spacial score (nSPS) is 12.2. The molecule has 0 aliphatic heterocycles. The van der Waals surface area contributed by atoms with Crippen LogP contribution in [0.15, 0.2) is 24.3 Å². The topological polar surface area (TPSA) is 58.6 Å². The standard InChI is InChI=1S/C12H17NO3/c1-9-3-5-10(6-4-9)11(14)12(15)13-7-8-16-2/h3-6,11,14H,7-8H2,1-2H3,(H,13,15). The fourth-order valence-electron chi connectivity index (χ4n) is 1.27. The molecule has 4 heteroatoms. The number of carbonyl (C=O) groups is 1. The highest BCUT2D eigenvalue weighted by Crippen LogP contribution is 2.13. The van der Waals surface area contributed by atoms with Gasteiger partial charge in [0.1, 0.15) is 0 Å². The van der Waals surface area contributed by atoms with Crippen molar-refractivity contribution < 1.29 is 14.6 Å². The number of hydrogen-bond acceptors (Lipinski definition) is 3. The minimum Gasteiger partial charge on any atom is -0.383 e. The van der Waals surface area contributed by atoms with Gasteiger partial charge in [-0.1, -0.05) is 29.8 Å². The average Bonchev–Trinajstić information content (AvgIpc) is 2.29. The molecule has 0 aliphatic rings. The van der Waals surface area contributed by atoms with Crippen LogP contribution in [0.3, 0.4) is 0 Å². The van der Waals surface area contributed by atoms with Crippen molar-refractivity contribution in [3.05, 3.63) is 35.4 Å². The number of methoxy groups -OCH3 is 1. The smallest absolute Gasteiger partial charge is 0.253 e. The van der Waals surface area contributed by atoms with E-state index >= 15 is 0 Å². The Morgan fingerprint density at radius 1 is 1.44 bits per heavy atom. The van der Waals surface area contributed by atoms with Crippen molar-refractivity contribution in [3.63, 3.8) is 0 Å². The highest BCUT2D eigenvalue weighted by atomic mass is 16.5. The summed E-state index contributed by atoms with van der Waals surface area (Å²) in [5.41, 5.74) is 1.69. The van der Waals surface area contributed by atoms with E-state index in [9.17, 15) is 9.90 Å². The maximum atomic E-state index is 11.5. The molecule has 0 saturated heterocycles. The van der Waals surface area contributed by atoms with Crippen LogP contribution in [0.1, 0.15) is 17.2 Å². The largest absolute Gasteiger partial charge is 0.383 e. The molecule has 0 heterocycles. The second kappa shape index (κ2) is 6.25. The van der Waals surface area contributed by atoms with E-state index in [1.165, 1.54) is 0 Å². The van der Waals surface area contributed by atoms with Crippen molar-refractivity contribution in [2.24, 2.45) is 0 Å². The van der Waals surface area contributed by atoms with E-state index in [2.05, 4.69) is 5.32 Å². The molecule has 1 aromatic carbocycles. The Labute approximate surface area is 95.2 Å². The van der Waals surface area contributed by atoms with E-state index in [0.29, 0.717) is 18.7 Å². The fourth-order valence-corrected chi connectivity index (χ4v) is 1.27. The third kappa shape index (κ3) is 3.64. The molecule has 0 radical (unpaired) electrons. The van der Waals surface area contributed by atoms with Gasteiger partial charge in [-0.15, -0.1) is 0 Å². The van der Waals surface area contributed by atoms with Crippen LogP contribution in [0.4, 0.5) is 0 Å². The summed E-state index contributed by atoms with van der Waals surface area (Å²) in [7, 11) is 1.56. The van der Waals surface area contributed by atoms with Crippen LogP contribution in [0.25, 0.3) is 0 Å². The summed E-state index contributed by atoms with van der Waals surface area (Å²) in [6.45, 7) is 2.79. The molecule has 16 heavy (non-hydrogen) atoms. The lowest BCUT2D eigenvalue weighted by atomic mass is 10.1. The molecule has 0 aliphatic carbocycles. The lowest BCUT2D eigenvalue weighted by molar-refractivity contribution is -0.129. The summed E-state index contributed by atoms with van der Waals surface area (Å²) in [5, 5.41) is 12.3. The van der Waals surface area contributed by atoms with E-state index in [-0.39, 0.29) is 0 Å². The fraction of sp³-hybridized carbons (Fsp3) is 0.417. The summed E-state index contributed by atoms with van der Waals surface area (Å²) in [4.78, 5) is 11.5. The van der Waals surface area contributed by atoms with Gasteiger partial charge in [-0.3, -0.25) is 4.79 Å². The average molecular weight is 223 g/mol. The lowest BCUT2D eigenvalue weighted by Gasteiger charge is -2.11. The molecule has 2 N–H and O–H groups in total. The quantitative estimate of drug-likeness (QED) is 0.726. The predicted octanol–water partition coefficient (Wildman–Crippen LogP) is 0.791. The first-order valence-electron chi connectivity index (χ1n) is 5.16. The molecule has 4 nitrogen and oxygen atoms in total. The highest BCUT2D eigenvalue weighted by Gasteiger charge is 2.16. The molecule has 1 atom stereocenters. The van der Waals surface area contributed by atoms with Gasteiger partial charge in [0.05, 0.1) is 6.61 Å². The second-order valence-electron chi connectivity index (χ2n) is 3.60. The third-order valence-electron chi connectivity index (χ3n) is 2.25. The molecule has 0 fully saturated rings. The first-order chi connectivity index (χ1) is 7.65. The van der Waals surface area contributed by atoms with Crippen molar-refractivity contribution in [2.45, 2.75) is 13.0 Å². The number of hydrogen-bond donors (Lipinski definition) is 2. The van der Waals surface area contributed by atoms with E-state index < -0.39 is 12.0 Å².